The van der Waals surface area contributed by atoms with Gasteiger partial charge in [-0.05, 0) is 51.7 Å². The lowest BCUT2D eigenvalue weighted by atomic mass is 9.78. The number of esters is 1. The van der Waals surface area contributed by atoms with Crippen molar-refractivity contribution in [2.24, 2.45) is 0 Å². The van der Waals surface area contributed by atoms with E-state index in [4.69, 9.17) is 4.74 Å². The van der Waals surface area contributed by atoms with Crippen LogP contribution in [0.1, 0.15) is 45.2 Å². The second-order valence-corrected chi connectivity index (χ2v) is 9.51. The van der Waals surface area contributed by atoms with Crippen molar-refractivity contribution >= 4 is 17.0 Å². The van der Waals surface area contributed by atoms with Gasteiger partial charge >= 0.3 is 5.97 Å². The molecule has 1 heterocycles. The van der Waals surface area contributed by atoms with Crippen molar-refractivity contribution in [1.29, 1.82) is 0 Å². The van der Waals surface area contributed by atoms with Gasteiger partial charge in [0.05, 0.1) is 11.4 Å². The summed E-state index contributed by atoms with van der Waals surface area (Å²) in [4.78, 5) is 12.9. The van der Waals surface area contributed by atoms with Gasteiger partial charge in [-0.15, -0.1) is 0 Å². The molecule has 0 saturated carbocycles. The van der Waals surface area contributed by atoms with Crippen molar-refractivity contribution in [3.8, 4) is 0 Å². The fraction of sp³-hybridized carbons (Fsp3) is 0.611. The molecule has 3 rings (SSSR count). The number of fused-ring (bicyclic) bond motifs is 3. The van der Waals surface area contributed by atoms with Crippen LogP contribution in [0.5, 0.6) is 0 Å². The van der Waals surface area contributed by atoms with Gasteiger partial charge in [0, 0.05) is 12.6 Å². The van der Waals surface area contributed by atoms with Crippen LogP contribution in [-0.4, -0.2) is 38.4 Å². The molecule has 0 bridgehead atoms. The van der Waals surface area contributed by atoms with Crippen LogP contribution in [0.4, 0.5) is 0 Å². The Balaban J connectivity index is 2.05. The molecule has 1 fully saturated rings. The van der Waals surface area contributed by atoms with Gasteiger partial charge in [0.2, 0.25) is 0 Å². The number of carbonyl (C=O) groups excluding carboxylic acids is 1. The van der Waals surface area contributed by atoms with Gasteiger partial charge in [-0.2, -0.15) is 0 Å². The Labute approximate surface area is 140 Å². The molecule has 4 nitrogen and oxygen atoms in total. The van der Waals surface area contributed by atoms with E-state index >= 15 is 0 Å². The first kappa shape index (κ1) is 16.7. The minimum atomic E-state index is -1.13. The Kier molecular flexibility index (Phi) is 4.13. The van der Waals surface area contributed by atoms with Crippen molar-refractivity contribution in [3.63, 3.8) is 0 Å². The van der Waals surface area contributed by atoms with Crippen LogP contribution in [0.3, 0.4) is 0 Å². The summed E-state index contributed by atoms with van der Waals surface area (Å²) in [6.45, 7) is 8.82. The maximum atomic E-state index is 13.0. The number of nitrogens with zero attached hydrogens (tertiary/aromatic N) is 1. The largest absolute Gasteiger partial charge is 0.465 e. The summed E-state index contributed by atoms with van der Waals surface area (Å²) in [5.41, 5.74) is 1.59. The molecular weight excluding hydrogens is 310 g/mol. The van der Waals surface area contributed by atoms with E-state index in [1.807, 2.05) is 50.2 Å². The molecule has 1 aromatic carbocycles. The minimum absolute atomic E-state index is 0.0704. The van der Waals surface area contributed by atoms with Crippen LogP contribution >= 0.6 is 0 Å². The lowest BCUT2D eigenvalue weighted by Crippen LogP contribution is -2.49. The van der Waals surface area contributed by atoms with E-state index in [0.717, 1.165) is 12.0 Å². The number of hydrogen-bond acceptors (Lipinski definition) is 3. The highest BCUT2D eigenvalue weighted by Crippen LogP contribution is 2.50. The predicted octanol–water partition coefficient (Wildman–Crippen LogP) is 2.58. The number of benzene rings is 1. The summed E-state index contributed by atoms with van der Waals surface area (Å²) in [5, 5.41) is 0. The maximum absolute atomic E-state index is 13.0. The second kappa shape index (κ2) is 5.71. The Morgan fingerprint density at radius 1 is 1.39 bits per heavy atom. The average molecular weight is 335 g/mol. The van der Waals surface area contributed by atoms with E-state index in [2.05, 4.69) is 6.07 Å². The lowest BCUT2D eigenvalue weighted by Gasteiger charge is -2.33. The Hall–Kier alpha value is -1.20. The van der Waals surface area contributed by atoms with Crippen LogP contribution in [-0.2, 0) is 32.4 Å². The summed E-state index contributed by atoms with van der Waals surface area (Å²) in [6.07, 6.45) is 1.44. The normalized spacial score (nSPS) is 28.3. The zero-order valence-electron chi connectivity index (χ0n) is 14.3. The van der Waals surface area contributed by atoms with Crippen LogP contribution in [0.25, 0.3) is 0 Å². The van der Waals surface area contributed by atoms with E-state index in [9.17, 15) is 9.00 Å². The number of hydrogen-bond donors (Lipinski definition) is 0. The molecule has 23 heavy (non-hydrogen) atoms. The van der Waals surface area contributed by atoms with Crippen LogP contribution in [0.2, 0.25) is 0 Å². The quantitative estimate of drug-likeness (QED) is 0.798. The van der Waals surface area contributed by atoms with Gasteiger partial charge in [-0.3, -0.25) is 4.79 Å². The fourth-order valence-electron chi connectivity index (χ4n) is 3.95. The highest BCUT2D eigenvalue weighted by Gasteiger charge is 2.60. The summed E-state index contributed by atoms with van der Waals surface area (Å²) >= 11 is 0. The molecule has 5 heteroatoms. The first-order chi connectivity index (χ1) is 10.8. The summed E-state index contributed by atoms with van der Waals surface area (Å²) in [5.74, 6) is -0.164. The molecule has 0 aromatic heterocycles. The van der Waals surface area contributed by atoms with Crippen molar-refractivity contribution in [1.82, 2.24) is 4.31 Å². The minimum Gasteiger partial charge on any atom is -0.465 e. The van der Waals surface area contributed by atoms with Crippen LogP contribution in [0.15, 0.2) is 24.3 Å². The fourth-order valence-corrected chi connectivity index (χ4v) is 5.39. The third-order valence-electron chi connectivity index (χ3n) is 4.93. The van der Waals surface area contributed by atoms with Crippen molar-refractivity contribution in [2.75, 3.05) is 13.2 Å². The van der Waals surface area contributed by atoms with E-state index < -0.39 is 16.4 Å². The Morgan fingerprint density at radius 2 is 2.09 bits per heavy atom. The molecule has 0 N–H and O–H groups in total. The first-order valence-electron chi connectivity index (χ1n) is 8.26. The molecule has 126 valence electrons. The Morgan fingerprint density at radius 3 is 2.74 bits per heavy atom. The molecule has 0 radical (unpaired) electrons. The van der Waals surface area contributed by atoms with Crippen molar-refractivity contribution < 1.29 is 13.7 Å². The molecule has 0 spiro atoms. The number of carbonyl (C=O) groups is 1. The molecular formula is C18H25NO3S. The van der Waals surface area contributed by atoms with Gasteiger partial charge in [0.25, 0.3) is 0 Å². The number of rotatable bonds is 3. The predicted molar refractivity (Wildman–Crippen MR) is 91.5 cm³/mol. The standard InChI is InChI=1S/C18H25NO3S/c1-5-22-16(20)18-10-11-19(23(21)17(2,3)4)15(18)12-13-8-6-7-9-14(13)18/h6-9,15H,5,10-12H2,1-4H3/t15-,18-,23?/m0/s1. The summed E-state index contributed by atoms with van der Waals surface area (Å²) in [6, 6.07) is 8.02. The van der Waals surface area contributed by atoms with Gasteiger partial charge in [0.1, 0.15) is 16.4 Å². The third-order valence-corrected chi connectivity index (χ3v) is 6.84. The number of ether oxygens (including phenoxy) is 1. The highest BCUT2D eigenvalue weighted by molar-refractivity contribution is 7.84. The Bertz CT molecular complexity index is 652. The van der Waals surface area contributed by atoms with Gasteiger partial charge in [-0.25, -0.2) is 8.51 Å². The van der Waals surface area contributed by atoms with Crippen molar-refractivity contribution in [3.05, 3.63) is 35.4 Å². The zero-order valence-corrected chi connectivity index (χ0v) is 15.1. The van der Waals surface area contributed by atoms with Gasteiger partial charge in [0.15, 0.2) is 0 Å². The summed E-state index contributed by atoms with van der Waals surface area (Å²) in [7, 11) is -1.13. The average Bonchev–Trinajstić information content (AvgIpc) is 3.00. The lowest BCUT2D eigenvalue weighted by molar-refractivity contribution is -0.150. The summed E-state index contributed by atoms with van der Waals surface area (Å²) < 4.78 is 20.1. The van der Waals surface area contributed by atoms with Gasteiger partial charge in [-0.1, -0.05) is 24.3 Å². The topological polar surface area (TPSA) is 46.6 Å². The van der Waals surface area contributed by atoms with E-state index in [1.54, 1.807) is 0 Å². The first-order valence-corrected chi connectivity index (χ1v) is 9.37. The third kappa shape index (κ3) is 2.45. The zero-order chi connectivity index (χ0) is 16.8. The molecule has 1 aromatic rings. The molecule has 2 aliphatic rings. The monoisotopic (exact) mass is 335 g/mol. The molecule has 1 unspecified atom stereocenters. The van der Waals surface area contributed by atoms with E-state index in [1.165, 1.54) is 5.56 Å². The molecule has 1 aliphatic heterocycles. The molecule has 3 atom stereocenters. The van der Waals surface area contributed by atoms with Crippen LogP contribution < -0.4 is 0 Å². The van der Waals surface area contributed by atoms with E-state index in [0.29, 0.717) is 19.6 Å². The van der Waals surface area contributed by atoms with E-state index in [-0.39, 0.29) is 16.8 Å². The maximum Gasteiger partial charge on any atom is 0.318 e. The van der Waals surface area contributed by atoms with Crippen molar-refractivity contribution in [2.45, 2.75) is 56.7 Å². The van der Waals surface area contributed by atoms with Gasteiger partial charge < -0.3 is 4.74 Å². The smallest absolute Gasteiger partial charge is 0.318 e. The molecule has 0 amide bonds. The highest BCUT2D eigenvalue weighted by atomic mass is 32.2. The second-order valence-electron chi connectivity index (χ2n) is 7.32. The SMILES string of the molecule is CCOC(=O)[C@]12CCN(S(=O)C(C)(C)C)[C@H]1Cc1ccccc12. The van der Waals surface area contributed by atoms with Crippen LogP contribution in [0, 0.1) is 0 Å². The molecule has 1 saturated heterocycles. The molecule has 1 aliphatic carbocycles.